The molecule has 0 bridgehead atoms. The van der Waals surface area contributed by atoms with Gasteiger partial charge in [-0.15, -0.1) is 0 Å². The Labute approximate surface area is 127 Å². The molecule has 4 heteroatoms. The van der Waals surface area contributed by atoms with E-state index in [9.17, 15) is 4.21 Å². The second kappa shape index (κ2) is 16.7. The van der Waals surface area contributed by atoms with E-state index in [1.807, 2.05) is 6.08 Å². The number of allylic oxidation sites excluding steroid dienone is 1. The minimum absolute atomic E-state index is 0.925. The van der Waals surface area contributed by atoms with Crippen LogP contribution >= 0.6 is 0 Å². The number of unbranched alkanes of at least 4 members (excludes halogenated alkanes) is 12. The predicted octanol–water partition coefficient (Wildman–Crippen LogP) is 5.74. The highest BCUT2D eigenvalue weighted by molar-refractivity contribution is 7.74. The Bertz CT molecular complexity index is 242. The van der Waals surface area contributed by atoms with Gasteiger partial charge in [-0.3, -0.25) is 4.55 Å². The molecule has 3 nitrogen and oxygen atoms in total. The molecule has 120 valence electrons. The number of hydrogen-bond donors (Lipinski definition) is 1. The molecular formula is C16H32O3S. The summed E-state index contributed by atoms with van der Waals surface area (Å²) in [4.78, 5) is 0. The van der Waals surface area contributed by atoms with Crippen molar-refractivity contribution in [2.24, 2.45) is 0 Å². The molecular weight excluding hydrogens is 272 g/mol. The van der Waals surface area contributed by atoms with Crippen LogP contribution in [0.4, 0.5) is 0 Å². The summed E-state index contributed by atoms with van der Waals surface area (Å²) in [6, 6.07) is 0. The van der Waals surface area contributed by atoms with Crippen molar-refractivity contribution < 1.29 is 12.9 Å². The highest BCUT2D eigenvalue weighted by atomic mass is 32.2. The van der Waals surface area contributed by atoms with Crippen molar-refractivity contribution >= 4 is 11.4 Å². The van der Waals surface area contributed by atoms with Crippen LogP contribution in [0.15, 0.2) is 12.3 Å². The highest BCUT2D eigenvalue weighted by Gasteiger charge is 1.93. The molecule has 0 rings (SSSR count). The molecule has 0 saturated heterocycles. The Morgan fingerprint density at radius 3 is 1.75 bits per heavy atom. The SMILES string of the molecule is CCCCCCCCCCCCCCC=COS(=O)O. The molecule has 0 saturated carbocycles. The summed E-state index contributed by atoms with van der Waals surface area (Å²) >= 11 is -2.17. The lowest BCUT2D eigenvalue weighted by molar-refractivity contribution is 0.418. The quantitative estimate of drug-likeness (QED) is 0.238. The van der Waals surface area contributed by atoms with E-state index in [0.717, 1.165) is 12.8 Å². The van der Waals surface area contributed by atoms with E-state index in [1.165, 1.54) is 76.9 Å². The smallest absolute Gasteiger partial charge is 0.356 e. The summed E-state index contributed by atoms with van der Waals surface area (Å²) in [5, 5.41) is 0. The van der Waals surface area contributed by atoms with E-state index < -0.39 is 11.4 Å². The molecule has 0 aliphatic carbocycles. The Kier molecular flexibility index (Phi) is 16.4. The van der Waals surface area contributed by atoms with E-state index in [4.69, 9.17) is 4.55 Å². The van der Waals surface area contributed by atoms with E-state index in [0.29, 0.717) is 0 Å². The van der Waals surface area contributed by atoms with Gasteiger partial charge in [0.25, 0.3) is 0 Å². The van der Waals surface area contributed by atoms with Crippen molar-refractivity contribution in [1.82, 2.24) is 0 Å². The Balaban J connectivity index is 3.02. The third kappa shape index (κ3) is 17.6. The Hall–Kier alpha value is -0.350. The van der Waals surface area contributed by atoms with Gasteiger partial charge in [-0.25, -0.2) is 0 Å². The molecule has 0 aromatic heterocycles. The van der Waals surface area contributed by atoms with Crippen LogP contribution in [-0.4, -0.2) is 8.76 Å². The van der Waals surface area contributed by atoms with Crippen LogP contribution in [0.2, 0.25) is 0 Å². The first-order valence-electron chi connectivity index (χ1n) is 8.20. The fourth-order valence-corrected chi connectivity index (χ4v) is 2.43. The van der Waals surface area contributed by atoms with Crippen molar-refractivity contribution in [2.75, 3.05) is 0 Å². The summed E-state index contributed by atoms with van der Waals surface area (Å²) in [5.41, 5.74) is 0. The van der Waals surface area contributed by atoms with Gasteiger partial charge in [0, 0.05) is 0 Å². The molecule has 0 aliphatic rings. The molecule has 0 aliphatic heterocycles. The summed E-state index contributed by atoms with van der Waals surface area (Å²) in [6.07, 6.45) is 20.2. The van der Waals surface area contributed by atoms with Gasteiger partial charge in [0.2, 0.25) is 0 Å². The maximum absolute atomic E-state index is 10.2. The summed E-state index contributed by atoms with van der Waals surface area (Å²) in [5.74, 6) is 0. The van der Waals surface area contributed by atoms with Gasteiger partial charge in [0.05, 0.1) is 0 Å². The molecule has 20 heavy (non-hydrogen) atoms. The zero-order valence-corrected chi connectivity index (χ0v) is 13.8. The minimum atomic E-state index is -2.17. The third-order valence-electron chi connectivity index (χ3n) is 3.46. The van der Waals surface area contributed by atoms with Gasteiger partial charge in [-0.2, -0.15) is 4.21 Å². The second-order valence-corrected chi connectivity index (χ2v) is 5.99. The fourth-order valence-electron chi connectivity index (χ4n) is 2.26. The van der Waals surface area contributed by atoms with Crippen LogP contribution < -0.4 is 0 Å². The molecule has 0 heterocycles. The molecule has 1 unspecified atom stereocenters. The van der Waals surface area contributed by atoms with Gasteiger partial charge in [-0.05, 0) is 18.9 Å². The Morgan fingerprint density at radius 1 is 0.850 bits per heavy atom. The molecule has 0 radical (unpaired) electrons. The lowest BCUT2D eigenvalue weighted by Gasteiger charge is -2.02. The van der Waals surface area contributed by atoms with Crippen molar-refractivity contribution in [2.45, 2.75) is 90.4 Å². The minimum Gasteiger partial charge on any atom is -0.388 e. The average Bonchev–Trinajstić information content (AvgIpc) is 2.43. The fraction of sp³-hybridized carbons (Fsp3) is 0.875. The lowest BCUT2D eigenvalue weighted by atomic mass is 10.0. The van der Waals surface area contributed by atoms with Gasteiger partial charge < -0.3 is 4.18 Å². The molecule has 0 fully saturated rings. The zero-order valence-electron chi connectivity index (χ0n) is 13.0. The van der Waals surface area contributed by atoms with Crippen LogP contribution in [0, 0.1) is 0 Å². The second-order valence-electron chi connectivity index (χ2n) is 5.36. The van der Waals surface area contributed by atoms with Crippen LogP contribution in [0.3, 0.4) is 0 Å². The topological polar surface area (TPSA) is 46.5 Å². The van der Waals surface area contributed by atoms with Crippen LogP contribution in [0.5, 0.6) is 0 Å². The zero-order chi connectivity index (χ0) is 14.9. The highest BCUT2D eigenvalue weighted by Crippen LogP contribution is 2.12. The van der Waals surface area contributed by atoms with E-state index in [1.54, 1.807) is 0 Å². The summed E-state index contributed by atoms with van der Waals surface area (Å²) < 4.78 is 22.9. The molecule has 0 spiro atoms. The maximum Gasteiger partial charge on any atom is 0.356 e. The van der Waals surface area contributed by atoms with Gasteiger partial charge in [-0.1, -0.05) is 77.6 Å². The predicted molar refractivity (Wildman–Crippen MR) is 86.7 cm³/mol. The van der Waals surface area contributed by atoms with Gasteiger partial charge in [0.15, 0.2) is 0 Å². The number of rotatable bonds is 15. The summed E-state index contributed by atoms with van der Waals surface area (Å²) in [6.45, 7) is 2.26. The largest absolute Gasteiger partial charge is 0.388 e. The van der Waals surface area contributed by atoms with E-state index >= 15 is 0 Å². The molecule has 0 amide bonds. The normalized spacial score (nSPS) is 12.9. The average molecular weight is 304 g/mol. The monoisotopic (exact) mass is 304 g/mol. The van der Waals surface area contributed by atoms with Crippen molar-refractivity contribution in [3.8, 4) is 0 Å². The summed E-state index contributed by atoms with van der Waals surface area (Å²) in [7, 11) is 0. The first kappa shape index (κ1) is 19.7. The van der Waals surface area contributed by atoms with E-state index in [2.05, 4.69) is 11.1 Å². The Morgan fingerprint density at radius 2 is 1.30 bits per heavy atom. The van der Waals surface area contributed by atoms with Crippen LogP contribution in [0.25, 0.3) is 0 Å². The first-order chi connectivity index (χ1) is 9.77. The molecule has 0 aromatic rings. The van der Waals surface area contributed by atoms with Crippen molar-refractivity contribution in [3.63, 3.8) is 0 Å². The standard InChI is InChI=1S/C16H32O3S/c1-2-3-4-5-6-7-8-9-10-11-12-13-14-15-16-19-20(17)18/h15-16H,2-14H2,1H3,(H,17,18). The third-order valence-corrected chi connectivity index (χ3v) is 3.73. The van der Waals surface area contributed by atoms with Gasteiger partial charge in [0.1, 0.15) is 6.26 Å². The van der Waals surface area contributed by atoms with Crippen molar-refractivity contribution in [3.05, 3.63) is 12.3 Å². The van der Waals surface area contributed by atoms with E-state index in [-0.39, 0.29) is 0 Å². The first-order valence-corrected chi connectivity index (χ1v) is 9.23. The molecule has 1 N–H and O–H groups in total. The number of hydrogen-bond acceptors (Lipinski definition) is 2. The molecule has 0 aromatic carbocycles. The lowest BCUT2D eigenvalue weighted by Crippen LogP contribution is -1.85. The van der Waals surface area contributed by atoms with Crippen molar-refractivity contribution in [1.29, 1.82) is 0 Å². The van der Waals surface area contributed by atoms with Crippen LogP contribution in [-0.2, 0) is 15.5 Å². The molecule has 1 atom stereocenters. The van der Waals surface area contributed by atoms with Gasteiger partial charge >= 0.3 is 11.4 Å². The van der Waals surface area contributed by atoms with Crippen LogP contribution in [0.1, 0.15) is 90.4 Å². The maximum atomic E-state index is 10.2.